The first-order valence-corrected chi connectivity index (χ1v) is 7.54. The Bertz CT molecular complexity index is 845. The van der Waals surface area contributed by atoms with Crippen LogP contribution in [0.3, 0.4) is 0 Å². The molecule has 1 heterocycles. The second-order valence-electron chi connectivity index (χ2n) is 5.50. The van der Waals surface area contributed by atoms with Gasteiger partial charge < -0.3 is 20.1 Å². The number of nitrogens with zero attached hydrogens (tertiary/aromatic N) is 1. The van der Waals surface area contributed by atoms with E-state index in [9.17, 15) is 14.4 Å². The maximum absolute atomic E-state index is 12.3. The van der Waals surface area contributed by atoms with Gasteiger partial charge in [0.05, 0.1) is 24.9 Å². The van der Waals surface area contributed by atoms with Crippen molar-refractivity contribution in [3.63, 3.8) is 0 Å². The molecular formula is C18H16N2O5. The van der Waals surface area contributed by atoms with E-state index in [-0.39, 0.29) is 19.1 Å². The van der Waals surface area contributed by atoms with Crippen LogP contribution in [0.5, 0.6) is 5.75 Å². The zero-order valence-corrected chi connectivity index (χ0v) is 13.5. The molecule has 0 unspecified atom stereocenters. The summed E-state index contributed by atoms with van der Waals surface area (Å²) in [5.74, 6) is -0.719. The third-order valence-corrected chi connectivity index (χ3v) is 3.90. The number of hydrogen-bond acceptors (Lipinski definition) is 5. The first-order valence-electron chi connectivity index (χ1n) is 7.54. The molecule has 1 aliphatic rings. The number of primary amides is 1. The van der Waals surface area contributed by atoms with Crippen molar-refractivity contribution in [3.8, 4) is 5.75 Å². The Morgan fingerprint density at radius 1 is 1.16 bits per heavy atom. The highest BCUT2D eigenvalue weighted by atomic mass is 16.5. The molecule has 7 nitrogen and oxygen atoms in total. The van der Waals surface area contributed by atoms with E-state index in [4.69, 9.17) is 15.2 Å². The highest BCUT2D eigenvalue weighted by Gasteiger charge is 2.27. The van der Waals surface area contributed by atoms with Crippen LogP contribution >= 0.6 is 0 Å². The number of methoxy groups -OCH3 is 1. The van der Waals surface area contributed by atoms with Crippen molar-refractivity contribution in [2.24, 2.45) is 5.73 Å². The summed E-state index contributed by atoms with van der Waals surface area (Å²) in [6.07, 6.45) is 0. The molecule has 3 rings (SSSR count). The Labute approximate surface area is 143 Å². The lowest BCUT2D eigenvalue weighted by Crippen LogP contribution is -2.38. The van der Waals surface area contributed by atoms with Crippen LogP contribution in [0.25, 0.3) is 0 Å². The van der Waals surface area contributed by atoms with Gasteiger partial charge >= 0.3 is 5.97 Å². The summed E-state index contributed by atoms with van der Waals surface area (Å²) in [5, 5.41) is 0. The number of fused-ring (bicyclic) bond motifs is 1. The number of carbonyl (C=O) groups is 3. The molecule has 0 aliphatic carbocycles. The lowest BCUT2D eigenvalue weighted by molar-refractivity contribution is -0.121. The fraction of sp³-hybridized carbons (Fsp3) is 0.167. The van der Waals surface area contributed by atoms with Gasteiger partial charge in [0.15, 0.2) is 6.61 Å². The lowest BCUT2D eigenvalue weighted by Gasteiger charge is -2.29. The molecule has 7 heteroatoms. The Kier molecular flexibility index (Phi) is 4.38. The largest absolute Gasteiger partial charge is 0.482 e. The maximum atomic E-state index is 12.3. The zero-order chi connectivity index (χ0) is 18.0. The molecule has 2 aromatic carbocycles. The summed E-state index contributed by atoms with van der Waals surface area (Å²) in [4.78, 5) is 36.7. The van der Waals surface area contributed by atoms with Gasteiger partial charge in [-0.1, -0.05) is 12.1 Å². The third kappa shape index (κ3) is 3.30. The Hall–Kier alpha value is -3.35. The van der Waals surface area contributed by atoms with E-state index in [1.54, 1.807) is 42.5 Å². The third-order valence-electron chi connectivity index (χ3n) is 3.90. The number of esters is 1. The molecule has 0 saturated heterocycles. The number of anilines is 1. The van der Waals surface area contributed by atoms with Crippen LogP contribution in [0.1, 0.15) is 26.3 Å². The van der Waals surface area contributed by atoms with Crippen molar-refractivity contribution >= 4 is 23.5 Å². The van der Waals surface area contributed by atoms with Gasteiger partial charge in [-0.15, -0.1) is 0 Å². The van der Waals surface area contributed by atoms with Gasteiger partial charge in [-0.3, -0.25) is 9.59 Å². The van der Waals surface area contributed by atoms with Crippen molar-refractivity contribution in [1.29, 1.82) is 0 Å². The fourth-order valence-corrected chi connectivity index (χ4v) is 2.58. The lowest BCUT2D eigenvalue weighted by atomic mass is 10.1. The summed E-state index contributed by atoms with van der Waals surface area (Å²) >= 11 is 0. The standard InChI is InChI=1S/C18H16N2O5/c1-24-18(23)13-6-7-15-14(8-13)20(16(21)10-25-15)9-11-2-4-12(5-3-11)17(19)22/h2-8H,9-10H2,1H3,(H2,19,22). The molecule has 0 atom stereocenters. The van der Waals surface area contributed by atoms with Crippen molar-refractivity contribution in [2.75, 3.05) is 18.6 Å². The van der Waals surface area contributed by atoms with E-state index in [1.807, 2.05) is 0 Å². The summed E-state index contributed by atoms with van der Waals surface area (Å²) in [7, 11) is 1.29. The van der Waals surface area contributed by atoms with Crippen molar-refractivity contribution in [1.82, 2.24) is 0 Å². The molecule has 0 aromatic heterocycles. The minimum Gasteiger partial charge on any atom is -0.482 e. The summed E-state index contributed by atoms with van der Waals surface area (Å²) in [6.45, 7) is 0.197. The van der Waals surface area contributed by atoms with Crippen LogP contribution in [-0.4, -0.2) is 31.5 Å². The van der Waals surface area contributed by atoms with Crippen LogP contribution in [-0.2, 0) is 16.1 Å². The van der Waals surface area contributed by atoms with Gasteiger partial charge in [0, 0.05) is 5.56 Å². The predicted octanol–water partition coefficient (Wildman–Crippen LogP) is 1.50. The first-order chi connectivity index (χ1) is 12.0. The molecule has 0 saturated carbocycles. The molecular weight excluding hydrogens is 324 g/mol. The molecule has 2 amide bonds. The molecule has 128 valence electrons. The van der Waals surface area contributed by atoms with E-state index in [0.717, 1.165) is 5.56 Å². The molecule has 25 heavy (non-hydrogen) atoms. The molecule has 0 spiro atoms. The van der Waals surface area contributed by atoms with E-state index in [0.29, 0.717) is 22.6 Å². The van der Waals surface area contributed by atoms with Gasteiger partial charge in [-0.2, -0.15) is 0 Å². The quantitative estimate of drug-likeness (QED) is 0.850. The van der Waals surface area contributed by atoms with Crippen LogP contribution in [0, 0.1) is 0 Å². The van der Waals surface area contributed by atoms with E-state index in [1.165, 1.54) is 12.0 Å². The fourth-order valence-electron chi connectivity index (χ4n) is 2.58. The summed E-state index contributed by atoms with van der Waals surface area (Å²) < 4.78 is 10.1. The number of hydrogen-bond donors (Lipinski definition) is 1. The van der Waals surface area contributed by atoms with Gasteiger partial charge in [-0.05, 0) is 35.9 Å². The maximum Gasteiger partial charge on any atom is 0.337 e. The zero-order valence-electron chi connectivity index (χ0n) is 13.5. The van der Waals surface area contributed by atoms with Gasteiger partial charge in [0.25, 0.3) is 5.91 Å². The van der Waals surface area contributed by atoms with Gasteiger partial charge in [0.1, 0.15) is 5.75 Å². The molecule has 2 aromatic rings. The van der Waals surface area contributed by atoms with Crippen molar-refractivity contribution < 1.29 is 23.9 Å². The van der Waals surface area contributed by atoms with Crippen molar-refractivity contribution in [2.45, 2.75) is 6.54 Å². The number of amides is 2. The van der Waals surface area contributed by atoms with Crippen LogP contribution < -0.4 is 15.4 Å². The van der Waals surface area contributed by atoms with Crippen LogP contribution in [0.15, 0.2) is 42.5 Å². The smallest absolute Gasteiger partial charge is 0.337 e. The SMILES string of the molecule is COC(=O)c1ccc2c(c1)N(Cc1ccc(C(N)=O)cc1)C(=O)CO2. The topological polar surface area (TPSA) is 98.9 Å². The van der Waals surface area contributed by atoms with Crippen molar-refractivity contribution in [3.05, 3.63) is 59.2 Å². The minimum atomic E-state index is -0.512. The number of ether oxygens (including phenoxy) is 2. The average molecular weight is 340 g/mol. The van der Waals surface area contributed by atoms with Gasteiger partial charge in [-0.25, -0.2) is 4.79 Å². The Balaban J connectivity index is 1.92. The second-order valence-corrected chi connectivity index (χ2v) is 5.50. The average Bonchev–Trinajstić information content (AvgIpc) is 2.63. The number of rotatable bonds is 4. The molecule has 0 bridgehead atoms. The first kappa shape index (κ1) is 16.5. The normalized spacial score (nSPS) is 13.0. The van der Waals surface area contributed by atoms with E-state index >= 15 is 0 Å². The summed E-state index contributed by atoms with van der Waals surface area (Å²) in [5.41, 5.74) is 7.26. The van der Waals surface area contributed by atoms with E-state index in [2.05, 4.69) is 0 Å². The molecule has 1 aliphatic heterocycles. The highest BCUT2D eigenvalue weighted by molar-refractivity contribution is 6.00. The highest BCUT2D eigenvalue weighted by Crippen LogP contribution is 2.34. The second kappa shape index (κ2) is 6.64. The summed E-state index contributed by atoms with van der Waals surface area (Å²) in [6, 6.07) is 11.5. The van der Waals surface area contributed by atoms with Gasteiger partial charge in [0.2, 0.25) is 5.91 Å². The van der Waals surface area contributed by atoms with E-state index < -0.39 is 11.9 Å². The Morgan fingerprint density at radius 2 is 1.84 bits per heavy atom. The minimum absolute atomic E-state index is 0.0794. The Morgan fingerprint density at radius 3 is 2.48 bits per heavy atom. The monoisotopic (exact) mass is 340 g/mol. The number of nitrogens with two attached hydrogens (primary N) is 1. The predicted molar refractivity (Wildman–Crippen MR) is 89.4 cm³/mol. The van der Waals surface area contributed by atoms with Crippen LogP contribution in [0.2, 0.25) is 0 Å². The van der Waals surface area contributed by atoms with Crippen LogP contribution in [0.4, 0.5) is 5.69 Å². The molecule has 0 radical (unpaired) electrons. The number of carbonyl (C=O) groups excluding carboxylic acids is 3. The molecule has 0 fully saturated rings. The number of benzene rings is 2. The molecule has 2 N–H and O–H groups in total.